The van der Waals surface area contributed by atoms with Crippen LogP contribution < -0.4 is 10.6 Å². The number of rotatable bonds is 2. The van der Waals surface area contributed by atoms with E-state index < -0.39 is 0 Å². The van der Waals surface area contributed by atoms with Crippen LogP contribution in [0.4, 0.5) is 10.5 Å². The molecule has 3 aliphatic heterocycles. The number of para-hydroxylation sites is 1. The summed E-state index contributed by atoms with van der Waals surface area (Å²) < 4.78 is 0. The van der Waals surface area contributed by atoms with Gasteiger partial charge in [0.2, 0.25) is 5.91 Å². The molecule has 146 valence electrons. The van der Waals surface area contributed by atoms with Crippen molar-refractivity contribution in [1.29, 1.82) is 0 Å². The van der Waals surface area contributed by atoms with Crippen LogP contribution in [-0.4, -0.2) is 78.5 Å². The van der Waals surface area contributed by atoms with Crippen molar-refractivity contribution in [2.45, 2.75) is 37.9 Å². The van der Waals surface area contributed by atoms with Gasteiger partial charge in [-0.3, -0.25) is 9.69 Å². The minimum absolute atomic E-state index is 0.0892. The van der Waals surface area contributed by atoms with Gasteiger partial charge in [-0.15, -0.1) is 0 Å². The van der Waals surface area contributed by atoms with Gasteiger partial charge in [-0.05, 0) is 51.0 Å². The van der Waals surface area contributed by atoms with Crippen molar-refractivity contribution >= 4 is 17.6 Å². The molecule has 0 aliphatic carbocycles. The number of piperidine rings is 1. The zero-order valence-electron chi connectivity index (χ0n) is 16.0. The summed E-state index contributed by atoms with van der Waals surface area (Å²) in [6, 6.07) is 8.33. The highest BCUT2D eigenvalue weighted by Crippen LogP contribution is 2.22. The average molecular weight is 371 g/mol. The van der Waals surface area contributed by atoms with Gasteiger partial charge >= 0.3 is 6.03 Å². The normalized spacial score (nSPS) is 25.0. The van der Waals surface area contributed by atoms with Crippen molar-refractivity contribution < 1.29 is 9.59 Å². The molecule has 0 spiro atoms. The van der Waals surface area contributed by atoms with Crippen LogP contribution >= 0.6 is 0 Å². The second-order valence-corrected chi connectivity index (χ2v) is 8.03. The van der Waals surface area contributed by atoms with E-state index in [4.69, 9.17) is 0 Å². The SMILES string of the molecule is CN1CCC(N2CCC(NC(=O)N3CC(=O)Nc4ccccc4C3)C2)CC1. The van der Waals surface area contributed by atoms with Gasteiger partial charge in [-0.2, -0.15) is 0 Å². The maximum absolute atomic E-state index is 12.8. The summed E-state index contributed by atoms with van der Waals surface area (Å²) in [5.41, 5.74) is 1.77. The Balaban J connectivity index is 1.33. The number of hydrogen-bond acceptors (Lipinski definition) is 4. The Bertz CT molecular complexity index is 701. The van der Waals surface area contributed by atoms with Gasteiger partial charge < -0.3 is 20.4 Å². The highest BCUT2D eigenvalue weighted by molar-refractivity contribution is 5.96. The number of nitrogens with one attached hydrogen (secondary N) is 2. The topological polar surface area (TPSA) is 67.9 Å². The van der Waals surface area contributed by atoms with Gasteiger partial charge in [-0.1, -0.05) is 18.2 Å². The molecule has 3 aliphatic rings. The zero-order chi connectivity index (χ0) is 18.8. The largest absolute Gasteiger partial charge is 0.334 e. The molecular weight excluding hydrogens is 342 g/mol. The molecule has 0 aromatic heterocycles. The second kappa shape index (κ2) is 7.86. The lowest BCUT2D eigenvalue weighted by atomic mass is 10.0. The molecule has 7 nitrogen and oxygen atoms in total. The van der Waals surface area contributed by atoms with E-state index in [-0.39, 0.29) is 24.5 Å². The summed E-state index contributed by atoms with van der Waals surface area (Å²) in [7, 11) is 2.18. The van der Waals surface area contributed by atoms with Crippen LogP contribution in [-0.2, 0) is 11.3 Å². The molecule has 0 saturated carbocycles. The lowest BCUT2D eigenvalue weighted by Gasteiger charge is -2.35. The number of amides is 3. The molecule has 1 atom stereocenters. The molecule has 3 amide bonds. The number of carbonyl (C=O) groups is 2. The number of hydrogen-bond donors (Lipinski definition) is 2. The number of carbonyl (C=O) groups excluding carboxylic acids is 2. The van der Waals surface area contributed by atoms with Gasteiger partial charge in [0.25, 0.3) is 0 Å². The summed E-state index contributed by atoms with van der Waals surface area (Å²) in [5, 5.41) is 6.04. The van der Waals surface area contributed by atoms with Crippen molar-refractivity contribution in [3.8, 4) is 0 Å². The van der Waals surface area contributed by atoms with E-state index in [1.54, 1.807) is 4.90 Å². The van der Waals surface area contributed by atoms with E-state index in [1.165, 1.54) is 12.8 Å². The Kier molecular flexibility index (Phi) is 5.31. The van der Waals surface area contributed by atoms with Gasteiger partial charge in [0, 0.05) is 30.9 Å². The van der Waals surface area contributed by atoms with Crippen LogP contribution in [0.25, 0.3) is 0 Å². The highest BCUT2D eigenvalue weighted by Gasteiger charge is 2.32. The lowest BCUT2D eigenvalue weighted by molar-refractivity contribution is -0.116. The predicted molar refractivity (Wildman–Crippen MR) is 105 cm³/mol. The van der Waals surface area contributed by atoms with Crippen molar-refractivity contribution in [2.24, 2.45) is 0 Å². The van der Waals surface area contributed by atoms with Crippen LogP contribution in [0.2, 0.25) is 0 Å². The summed E-state index contributed by atoms with van der Waals surface area (Å²) in [6.07, 6.45) is 3.40. The van der Waals surface area contributed by atoms with E-state index in [1.807, 2.05) is 24.3 Å². The first-order valence-corrected chi connectivity index (χ1v) is 9.94. The fourth-order valence-corrected chi connectivity index (χ4v) is 4.41. The molecule has 4 rings (SSSR count). The molecule has 1 unspecified atom stereocenters. The van der Waals surface area contributed by atoms with Crippen LogP contribution in [0.15, 0.2) is 24.3 Å². The monoisotopic (exact) mass is 371 g/mol. The lowest BCUT2D eigenvalue weighted by Crippen LogP contribution is -2.48. The number of benzene rings is 1. The zero-order valence-corrected chi connectivity index (χ0v) is 16.0. The Morgan fingerprint density at radius 1 is 1.11 bits per heavy atom. The molecule has 1 aromatic carbocycles. The number of fused-ring (bicyclic) bond motifs is 1. The van der Waals surface area contributed by atoms with Crippen molar-refractivity contribution in [3.05, 3.63) is 29.8 Å². The molecule has 27 heavy (non-hydrogen) atoms. The molecular formula is C20H29N5O2. The van der Waals surface area contributed by atoms with Gasteiger partial charge in [-0.25, -0.2) is 4.79 Å². The third-order valence-corrected chi connectivity index (χ3v) is 6.03. The Hall–Kier alpha value is -2.12. The molecule has 1 aromatic rings. The molecule has 2 N–H and O–H groups in total. The van der Waals surface area contributed by atoms with Gasteiger partial charge in [0.05, 0.1) is 6.54 Å². The first kappa shape index (κ1) is 18.3. The number of nitrogens with zero attached hydrogens (tertiary/aromatic N) is 3. The molecule has 0 radical (unpaired) electrons. The minimum Gasteiger partial charge on any atom is -0.334 e. The van der Waals surface area contributed by atoms with E-state index in [0.29, 0.717) is 12.6 Å². The quantitative estimate of drug-likeness (QED) is 0.823. The van der Waals surface area contributed by atoms with Crippen LogP contribution in [0.3, 0.4) is 0 Å². The second-order valence-electron chi connectivity index (χ2n) is 8.03. The number of anilines is 1. The summed E-state index contributed by atoms with van der Waals surface area (Å²) in [4.78, 5) is 31.5. The molecule has 2 fully saturated rings. The van der Waals surface area contributed by atoms with Crippen molar-refractivity contribution in [2.75, 3.05) is 45.1 Å². The molecule has 2 saturated heterocycles. The first-order valence-electron chi connectivity index (χ1n) is 9.94. The maximum atomic E-state index is 12.8. The Labute approximate surface area is 160 Å². The van der Waals surface area contributed by atoms with Gasteiger partial charge in [0.15, 0.2) is 0 Å². The smallest absolute Gasteiger partial charge is 0.318 e. The van der Waals surface area contributed by atoms with E-state index in [9.17, 15) is 9.59 Å². The van der Waals surface area contributed by atoms with Crippen LogP contribution in [0.1, 0.15) is 24.8 Å². The Morgan fingerprint density at radius 3 is 2.70 bits per heavy atom. The first-order chi connectivity index (χ1) is 13.1. The fraction of sp³-hybridized carbons (Fsp3) is 0.600. The van der Waals surface area contributed by atoms with Crippen molar-refractivity contribution in [3.63, 3.8) is 0 Å². The highest BCUT2D eigenvalue weighted by atomic mass is 16.2. The van der Waals surface area contributed by atoms with Gasteiger partial charge in [0.1, 0.15) is 6.54 Å². The standard InChI is InChI=1S/C20H29N5O2/c1-23-9-7-17(8-10-23)24-11-6-16(13-24)21-20(27)25-12-15-4-2-3-5-18(15)22-19(26)14-25/h2-5,16-17H,6-14H2,1H3,(H,21,27)(H,22,26). The summed E-state index contributed by atoms with van der Waals surface area (Å²) >= 11 is 0. The third kappa shape index (κ3) is 4.25. The van der Waals surface area contributed by atoms with E-state index >= 15 is 0 Å². The van der Waals surface area contributed by atoms with Crippen LogP contribution in [0, 0.1) is 0 Å². The number of likely N-dealkylation sites (tertiary alicyclic amines) is 2. The Morgan fingerprint density at radius 2 is 1.89 bits per heavy atom. The third-order valence-electron chi connectivity index (χ3n) is 6.03. The predicted octanol–water partition coefficient (Wildman–Crippen LogP) is 1.32. The average Bonchev–Trinajstić information content (AvgIpc) is 3.04. The molecule has 7 heteroatoms. The van der Waals surface area contributed by atoms with Crippen LogP contribution in [0.5, 0.6) is 0 Å². The fourth-order valence-electron chi connectivity index (χ4n) is 4.41. The summed E-state index contributed by atoms with van der Waals surface area (Å²) in [5.74, 6) is -0.144. The van der Waals surface area contributed by atoms with Crippen molar-refractivity contribution in [1.82, 2.24) is 20.0 Å². The molecule has 0 bridgehead atoms. The maximum Gasteiger partial charge on any atom is 0.318 e. The number of urea groups is 1. The van der Waals surface area contributed by atoms with E-state index in [0.717, 1.165) is 43.9 Å². The minimum atomic E-state index is -0.144. The molecule has 3 heterocycles. The van der Waals surface area contributed by atoms with E-state index in [2.05, 4.69) is 27.5 Å². The summed E-state index contributed by atoms with van der Waals surface area (Å²) in [6.45, 7) is 4.80.